The summed E-state index contributed by atoms with van der Waals surface area (Å²) in [5.74, 6) is 0. The zero-order valence-electron chi connectivity index (χ0n) is 12.6. The molecule has 0 bridgehead atoms. The van der Waals surface area contributed by atoms with Gasteiger partial charge in [0, 0.05) is 16.2 Å². The highest BCUT2D eigenvalue weighted by Crippen LogP contribution is 2.40. The monoisotopic (exact) mass is 296 g/mol. The van der Waals surface area contributed by atoms with Gasteiger partial charge in [0.15, 0.2) is 0 Å². The predicted octanol–water partition coefficient (Wildman–Crippen LogP) is 2.35. The Morgan fingerprint density at radius 2 is 1.91 bits per heavy atom. The van der Waals surface area contributed by atoms with E-state index in [2.05, 4.69) is 47.4 Å². The third-order valence-corrected chi connectivity index (χ3v) is 4.92. The highest BCUT2D eigenvalue weighted by molar-refractivity contribution is 6.09. The molecule has 2 unspecified atom stereocenters. The lowest BCUT2D eigenvalue weighted by atomic mass is 9.77. The molecule has 22 heavy (non-hydrogen) atoms. The Hall–Kier alpha value is -2.04. The Kier molecular flexibility index (Phi) is 2.93. The first kappa shape index (κ1) is 13.6. The van der Waals surface area contributed by atoms with Gasteiger partial charge in [0.25, 0.3) is 0 Å². The van der Waals surface area contributed by atoms with Gasteiger partial charge in [0.05, 0.1) is 30.3 Å². The number of nitrogens with zero attached hydrogens (tertiary/aromatic N) is 1. The van der Waals surface area contributed by atoms with E-state index in [1.807, 2.05) is 12.1 Å². The molecule has 4 heteroatoms. The lowest BCUT2D eigenvalue weighted by Crippen LogP contribution is -2.36. The molecular weight excluding hydrogens is 276 g/mol. The fourth-order valence-corrected chi connectivity index (χ4v) is 3.78. The first-order chi connectivity index (χ1) is 10.7. The molecule has 0 saturated carbocycles. The number of hydrogen-bond donors (Lipinski definition) is 3. The first-order valence-electron chi connectivity index (χ1n) is 7.69. The molecule has 3 aromatic rings. The summed E-state index contributed by atoms with van der Waals surface area (Å²) >= 11 is 0. The molecule has 2 heterocycles. The summed E-state index contributed by atoms with van der Waals surface area (Å²) in [4.78, 5) is 0. The molecule has 114 valence electrons. The molecular formula is C18H20N2O2. The van der Waals surface area contributed by atoms with Crippen LogP contribution in [0.1, 0.15) is 18.9 Å². The van der Waals surface area contributed by atoms with Crippen LogP contribution in [-0.2, 0) is 5.41 Å². The molecule has 2 atom stereocenters. The van der Waals surface area contributed by atoms with Gasteiger partial charge in [-0.25, -0.2) is 0 Å². The van der Waals surface area contributed by atoms with E-state index < -0.39 is 0 Å². The van der Waals surface area contributed by atoms with Gasteiger partial charge in [-0.1, -0.05) is 43.3 Å². The summed E-state index contributed by atoms with van der Waals surface area (Å²) in [6.07, 6.45) is 0.690. The maximum absolute atomic E-state index is 10.0. The predicted molar refractivity (Wildman–Crippen MR) is 88.7 cm³/mol. The van der Waals surface area contributed by atoms with Crippen molar-refractivity contribution in [3.05, 3.63) is 48.0 Å². The molecule has 0 fully saturated rings. The van der Waals surface area contributed by atoms with Crippen molar-refractivity contribution >= 4 is 21.8 Å². The van der Waals surface area contributed by atoms with Crippen LogP contribution in [-0.4, -0.2) is 34.1 Å². The molecule has 1 aliphatic heterocycles. The number of para-hydroxylation sites is 2. The van der Waals surface area contributed by atoms with Crippen LogP contribution in [0.3, 0.4) is 0 Å². The molecule has 3 N–H and O–H groups in total. The number of benzene rings is 2. The van der Waals surface area contributed by atoms with E-state index in [-0.39, 0.29) is 24.7 Å². The quantitative estimate of drug-likeness (QED) is 0.680. The highest BCUT2D eigenvalue weighted by Gasteiger charge is 2.35. The smallest absolute Gasteiger partial charge is 0.0744 e. The van der Waals surface area contributed by atoms with Crippen LogP contribution in [0.25, 0.3) is 21.8 Å². The zero-order chi connectivity index (χ0) is 15.3. The maximum Gasteiger partial charge on any atom is 0.0744 e. The lowest BCUT2D eigenvalue weighted by molar-refractivity contribution is 0.175. The fourth-order valence-electron chi connectivity index (χ4n) is 3.78. The van der Waals surface area contributed by atoms with Crippen LogP contribution in [0.5, 0.6) is 0 Å². The molecule has 0 aliphatic carbocycles. The van der Waals surface area contributed by atoms with Crippen molar-refractivity contribution in [3.8, 4) is 0 Å². The van der Waals surface area contributed by atoms with Gasteiger partial charge in [-0.3, -0.25) is 4.68 Å². The Bertz CT molecular complexity index is 855. The van der Waals surface area contributed by atoms with E-state index in [4.69, 9.17) is 0 Å². The lowest BCUT2D eigenvalue weighted by Gasteiger charge is -2.29. The second kappa shape index (κ2) is 4.73. The molecule has 0 amide bonds. The van der Waals surface area contributed by atoms with Gasteiger partial charge in [-0.05, 0) is 18.1 Å². The van der Waals surface area contributed by atoms with Gasteiger partial charge in [0.1, 0.15) is 0 Å². The Labute approximate surface area is 129 Å². The topological polar surface area (TPSA) is 57.4 Å². The molecule has 4 nitrogen and oxygen atoms in total. The van der Waals surface area contributed by atoms with E-state index in [1.54, 1.807) is 0 Å². The Balaban J connectivity index is 2.16. The number of aliphatic hydroxyl groups excluding tert-OH is 2. The van der Waals surface area contributed by atoms with E-state index >= 15 is 0 Å². The third kappa shape index (κ3) is 1.71. The average Bonchev–Trinajstić information content (AvgIpc) is 2.80. The highest BCUT2D eigenvalue weighted by atomic mass is 16.3. The summed E-state index contributed by atoms with van der Waals surface area (Å²) in [7, 11) is 0. The SMILES string of the molecule is CC1(CO)CC(CO)Nn2c3ccccc3c3cccc1c32. The van der Waals surface area contributed by atoms with Crippen molar-refractivity contribution in [2.75, 3.05) is 18.6 Å². The fraction of sp³-hybridized carbons (Fsp3) is 0.333. The zero-order valence-corrected chi connectivity index (χ0v) is 12.6. The molecule has 0 saturated heterocycles. The van der Waals surface area contributed by atoms with Gasteiger partial charge in [0.2, 0.25) is 0 Å². The van der Waals surface area contributed by atoms with Gasteiger partial charge < -0.3 is 15.6 Å². The Morgan fingerprint density at radius 1 is 1.14 bits per heavy atom. The van der Waals surface area contributed by atoms with Crippen molar-refractivity contribution in [2.24, 2.45) is 0 Å². The summed E-state index contributed by atoms with van der Waals surface area (Å²) in [6, 6.07) is 14.4. The number of rotatable bonds is 2. The number of aliphatic hydroxyl groups is 2. The molecule has 1 aliphatic rings. The largest absolute Gasteiger partial charge is 0.395 e. The summed E-state index contributed by atoms with van der Waals surface area (Å²) in [5.41, 5.74) is 6.41. The van der Waals surface area contributed by atoms with Gasteiger partial charge in [-0.2, -0.15) is 0 Å². The minimum Gasteiger partial charge on any atom is -0.395 e. The molecule has 0 radical (unpaired) electrons. The number of fused-ring (bicyclic) bond motifs is 3. The van der Waals surface area contributed by atoms with Crippen molar-refractivity contribution in [1.82, 2.24) is 4.68 Å². The Morgan fingerprint density at radius 3 is 2.68 bits per heavy atom. The third-order valence-electron chi connectivity index (χ3n) is 4.92. The maximum atomic E-state index is 10.0. The second-order valence-electron chi connectivity index (χ2n) is 6.49. The van der Waals surface area contributed by atoms with Crippen LogP contribution in [0.4, 0.5) is 0 Å². The second-order valence-corrected chi connectivity index (χ2v) is 6.49. The number of hydrogen-bond acceptors (Lipinski definition) is 3. The normalized spacial score (nSPS) is 24.4. The van der Waals surface area contributed by atoms with Crippen LogP contribution in [0, 0.1) is 0 Å². The van der Waals surface area contributed by atoms with Gasteiger partial charge in [-0.15, -0.1) is 0 Å². The average molecular weight is 296 g/mol. The first-order valence-corrected chi connectivity index (χ1v) is 7.69. The van der Waals surface area contributed by atoms with E-state index in [9.17, 15) is 10.2 Å². The van der Waals surface area contributed by atoms with Crippen LogP contribution in [0.2, 0.25) is 0 Å². The van der Waals surface area contributed by atoms with E-state index in [0.29, 0.717) is 6.42 Å². The molecule has 0 spiro atoms. The number of nitrogens with one attached hydrogen (secondary N) is 1. The van der Waals surface area contributed by atoms with Crippen LogP contribution in [0.15, 0.2) is 42.5 Å². The standard InChI is InChI=1S/C18H20N2O2/c1-18(11-22)9-12(10-21)19-20-16-8-3-2-5-13(16)14-6-4-7-15(18)17(14)20/h2-8,12,19,21-22H,9-11H2,1H3. The van der Waals surface area contributed by atoms with Crippen molar-refractivity contribution < 1.29 is 10.2 Å². The molecule has 2 aromatic carbocycles. The summed E-state index contributed by atoms with van der Waals surface area (Å²) < 4.78 is 2.09. The van der Waals surface area contributed by atoms with Crippen molar-refractivity contribution in [3.63, 3.8) is 0 Å². The summed E-state index contributed by atoms with van der Waals surface area (Å²) in [6.45, 7) is 2.17. The van der Waals surface area contributed by atoms with Crippen LogP contribution < -0.4 is 5.43 Å². The van der Waals surface area contributed by atoms with E-state index in [0.717, 1.165) is 16.6 Å². The van der Waals surface area contributed by atoms with Crippen molar-refractivity contribution in [2.45, 2.75) is 24.8 Å². The van der Waals surface area contributed by atoms with Crippen molar-refractivity contribution in [1.29, 1.82) is 0 Å². The van der Waals surface area contributed by atoms with Gasteiger partial charge >= 0.3 is 0 Å². The molecule has 4 rings (SSSR count). The number of aromatic nitrogens is 1. The summed E-state index contributed by atoms with van der Waals surface area (Å²) in [5, 5.41) is 22.1. The minimum absolute atomic E-state index is 0.0393. The van der Waals surface area contributed by atoms with Crippen LogP contribution >= 0.6 is 0 Å². The molecule has 1 aromatic heterocycles. The van der Waals surface area contributed by atoms with E-state index in [1.165, 1.54) is 10.8 Å². The minimum atomic E-state index is -0.372.